The molecule has 2 heterocycles. The van der Waals surface area contributed by atoms with Crippen molar-refractivity contribution in [2.45, 2.75) is 32.3 Å². The maximum atomic E-state index is 12.2. The molecule has 2 N–H and O–H groups in total. The third-order valence-electron chi connectivity index (χ3n) is 4.57. The van der Waals surface area contributed by atoms with Gasteiger partial charge >= 0.3 is 0 Å². The number of carbonyl (C=O) groups is 2. The molecule has 1 aromatic heterocycles. The zero-order valence-electron chi connectivity index (χ0n) is 16.4. The van der Waals surface area contributed by atoms with E-state index in [2.05, 4.69) is 25.7 Å². The number of para-hydroxylation sites is 1. The lowest BCUT2D eigenvalue weighted by Crippen LogP contribution is -2.34. The predicted octanol–water partition coefficient (Wildman–Crippen LogP) is 2.30. The molecule has 2 aromatic rings. The second-order valence-electron chi connectivity index (χ2n) is 6.92. The normalized spacial score (nSPS) is 14.5. The molecule has 2 amide bonds. The Morgan fingerprint density at radius 2 is 1.90 bits per heavy atom. The Bertz CT molecular complexity index is 777. The van der Waals surface area contributed by atoms with Crippen LogP contribution in [0.15, 0.2) is 30.3 Å². The molecular weight excluding hydrogens is 390 g/mol. The van der Waals surface area contributed by atoms with Crippen molar-refractivity contribution < 1.29 is 14.3 Å². The van der Waals surface area contributed by atoms with Crippen LogP contribution in [0.1, 0.15) is 40.5 Å². The molecule has 0 saturated carbocycles. The molecule has 0 aliphatic carbocycles. The largest absolute Gasteiger partial charge is 0.364 e. The van der Waals surface area contributed by atoms with Crippen LogP contribution in [0.25, 0.3) is 0 Å². The average Bonchev–Trinajstić information content (AvgIpc) is 3.22. The van der Waals surface area contributed by atoms with E-state index in [4.69, 9.17) is 4.74 Å². The Kier molecular flexibility index (Phi) is 8.54. The van der Waals surface area contributed by atoms with E-state index in [0.717, 1.165) is 24.3 Å². The summed E-state index contributed by atoms with van der Waals surface area (Å²) in [6.45, 7) is 4.14. The van der Waals surface area contributed by atoms with Gasteiger partial charge in [-0.25, -0.2) is 0 Å². The lowest BCUT2D eigenvalue weighted by atomic mass is 10.1. The van der Waals surface area contributed by atoms with Gasteiger partial charge in [0.2, 0.25) is 10.9 Å². The molecule has 0 unspecified atom stereocenters. The molecule has 29 heavy (non-hydrogen) atoms. The van der Waals surface area contributed by atoms with Crippen LogP contribution < -0.4 is 10.6 Å². The molecule has 9 heteroatoms. The Labute approximate surface area is 174 Å². The fourth-order valence-corrected chi connectivity index (χ4v) is 3.78. The molecule has 0 atom stereocenters. The zero-order chi connectivity index (χ0) is 20.3. The Morgan fingerprint density at radius 3 is 2.69 bits per heavy atom. The number of carbonyl (C=O) groups excluding carboxylic acids is 2. The second-order valence-corrected chi connectivity index (χ2v) is 7.98. The number of aromatic nitrogens is 2. The van der Waals surface area contributed by atoms with E-state index in [0.29, 0.717) is 17.2 Å². The number of benzene rings is 1. The van der Waals surface area contributed by atoms with Crippen LogP contribution in [0, 0.1) is 0 Å². The van der Waals surface area contributed by atoms with Crippen molar-refractivity contribution in [3.8, 4) is 0 Å². The first-order valence-corrected chi connectivity index (χ1v) is 10.8. The smallest absolute Gasteiger partial charge is 0.286 e. The first-order valence-electron chi connectivity index (χ1n) is 9.96. The highest BCUT2D eigenvalue weighted by atomic mass is 32.1. The average molecular weight is 418 g/mol. The first-order chi connectivity index (χ1) is 14.2. The molecule has 156 valence electrons. The van der Waals surface area contributed by atoms with E-state index in [9.17, 15) is 9.59 Å². The summed E-state index contributed by atoms with van der Waals surface area (Å²) < 4.78 is 5.39. The van der Waals surface area contributed by atoms with Gasteiger partial charge in [0.05, 0.1) is 0 Å². The van der Waals surface area contributed by atoms with Crippen molar-refractivity contribution >= 4 is 28.8 Å². The minimum atomic E-state index is -0.314. The van der Waals surface area contributed by atoms with Gasteiger partial charge < -0.3 is 20.3 Å². The van der Waals surface area contributed by atoms with Gasteiger partial charge in [0.1, 0.15) is 18.2 Å². The van der Waals surface area contributed by atoms with Crippen molar-refractivity contribution in [2.24, 2.45) is 0 Å². The van der Waals surface area contributed by atoms with Crippen molar-refractivity contribution in [2.75, 3.05) is 38.1 Å². The molecule has 1 saturated heterocycles. The van der Waals surface area contributed by atoms with Crippen molar-refractivity contribution in [3.63, 3.8) is 0 Å². The van der Waals surface area contributed by atoms with E-state index in [-0.39, 0.29) is 30.0 Å². The lowest BCUT2D eigenvalue weighted by Gasteiger charge is -2.26. The predicted molar refractivity (Wildman–Crippen MR) is 112 cm³/mol. The van der Waals surface area contributed by atoms with Crippen LogP contribution in [-0.4, -0.2) is 59.7 Å². The number of rotatable bonds is 10. The van der Waals surface area contributed by atoms with Crippen LogP contribution in [-0.2, 0) is 16.1 Å². The van der Waals surface area contributed by atoms with Crippen LogP contribution in [0.4, 0.5) is 5.69 Å². The van der Waals surface area contributed by atoms with Crippen LogP contribution in [0.3, 0.4) is 0 Å². The van der Waals surface area contributed by atoms with Gasteiger partial charge in [-0.3, -0.25) is 9.59 Å². The van der Waals surface area contributed by atoms with Gasteiger partial charge in [-0.05, 0) is 51.0 Å². The van der Waals surface area contributed by atoms with Gasteiger partial charge in [0.15, 0.2) is 0 Å². The fourth-order valence-electron chi connectivity index (χ4n) is 3.11. The molecule has 1 aromatic carbocycles. The lowest BCUT2D eigenvalue weighted by molar-refractivity contribution is -0.126. The van der Waals surface area contributed by atoms with Gasteiger partial charge in [0.25, 0.3) is 5.91 Å². The monoisotopic (exact) mass is 417 g/mol. The quantitative estimate of drug-likeness (QED) is 0.576. The third kappa shape index (κ3) is 7.52. The number of ether oxygens (including phenoxy) is 1. The Balaban J connectivity index is 1.29. The minimum Gasteiger partial charge on any atom is -0.364 e. The van der Waals surface area contributed by atoms with E-state index in [1.54, 1.807) is 12.1 Å². The van der Waals surface area contributed by atoms with Crippen molar-refractivity contribution in [1.29, 1.82) is 0 Å². The summed E-state index contributed by atoms with van der Waals surface area (Å²) in [5, 5.41) is 14.3. The highest BCUT2D eigenvalue weighted by Gasteiger charge is 2.14. The summed E-state index contributed by atoms with van der Waals surface area (Å²) in [6.07, 6.45) is 4.84. The van der Waals surface area contributed by atoms with Crippen LogP contribution in [0.2, 0.25) is 0 Å². The highest BCUT2D eigenvalue weighted by Crippen LogP contribution is 2.14. The summed E-state index contributed by atoms with van der Waals surface area (Å²) in [7, 11) is 0. The van der Waals surface area contributed by atoms with Gasteiger partial charge in [-0.1, -0.05) is 36.0 Å². The molecule has 0 spiro atoms. The molecule has 0 radical (unpaired) electrons. The number of piperidine rings is 1. The fraction of sp³-hybridized carbons (Fsp3) is 0.500. The summed E-state index contributed by atoms with van der Waals surface area (Å²) in [5.74, 6) is -0.457. The third-order valence-corrected chi connectivity index (χ3v) is 5.47. The SMILES string of the molecule is O=C(COCc1nnc(C(=O)Nc2ccccc2)s1)NCCCN1CCCCC1. The van der Waals surface area contributed by atoms with E-state index < -0.39 is 0 Å². The van der Waals surface area contributed by atoms with Crippen LogP contribution in [0.5, 0.6) is 0 Å². The molecule has 1 aliphatic heterocycles. The Morgan fingerprint density at radius 1 is 1.10 bits per heavy atom. The topological polar surface area (TPSA) is 96.5 Å². The maximum Gasteiger partial charge on any atom is 0.286 e. The minimum absolute atomic E-state index is 0.0329. The molecule has 0 bridgehead atoms. The second kappa shape index (κ2) is 11.6. The van der Waals surface area contributed by atoms with Crippen molar-refractivity contribution in [3.05, 3.63) is 40.3 Å². The number of amides is 2. The first kappa shape index (κ1) is 21.4. The molecule has 8 nitrogen and oxygen atoms in total. The van der Waals surface area contributed by atoms with E-state index in [1.807, 2.05) is 18.2 Å². The summed E-state index contributed by atoms with van der Waals surface area (Å²) >= 11 is 1.15. The highest BCUT2D eigenvalue weighted by molar-refractivity contribution is 7.13. The van der Waals surface area contributed by atoms with Crippen molar-refractivity contribution in [1.82, 2.24) is 20.4 Å². The molecular formula is C20H27N5O3S. The van der Waals surface area contributed by atoms with Gasteiger partial charge in [-0.15, -0.1) is 10.2 Å². The van der Waals surface area contributed by atoms with Gasteiger partial charge in [0, 0.05) is 12.2 Å². The zero-order valence-corrected chi connectivity index (χ0v) is 17.2. The van der Waals surface area contributed by atoms with E-state index >= 15 is 0 Å². The number of hydrogen-bond donors (Lipinski definition) is 2. The standard InChI is InChI=1S/C20H27N5O3S/c26-17(21-10-7-13-25-11-5-2-6-12-25)14-28-15-18-23-24-20(29-18)19(27)22-16-8-3-1-4-9-16/h1,3-4,8-9H,2,5-7,10-15H2,(H,21,26)(H,22,27). The summed E-state index contributed by atoms with van der Waals surface area (Å²) in [5.41, 5.74) is 0.697. The van der Waals surface area contributed by atoms with E-state index in [1.165, 1.54) is 32.4 Å². The number of nitrogens with one attached hydrogen (secondary N) is 2. The number of nitrogens with zero attached hydrogens (tertiary/aromatic N) is 3. The molecule has 3 rings (SSSR count). The Hall–Kier alpha value is -2.36. The van der Waals surface area contributed by atoms with Gasteiger partial charge in [-0.2, -0.15) is 0 Å². The number of anilines is 1. The molecule has 1 fully saturated rings. The summed E-state index contributed by atoms with van der Waals surface area (Å²) in [4.78, 5) is 26.5. The number of likely N-dealkylation sites (tertiary alicyclic amines) is 1. The number of hydrogen-bond acceptors (Lipinski definition) is 7. The maximum absolute atomic E-state index is 12.2. The molecule has 1 aliphatic rings. The summed E-state index contributed by atoms with van der Waals surface area (Å²) in [6, 6.07) is 9.16. The van der Waals surface area contributed by atoms with Crippen LogP contribution >= 0.6 is 11.3 Å².